The topological polar surface area (TPSA) is 15.3 Å². The van der Waals surface area contributed by atoms with Gasteiger partial charge >= 0.3 is 0 Å². The maximum absolute atomic E-state index is 3.61. The van der Waals surface area contributed by atoms with Gasteiger partial charge in [0, 0.05) is 18.6 Å². The normalized spacial score (nSPS) is 25.1. The average molecular weight is 240 g/mol. The van der Waals surface area contributed by atoms with Crippen LogP contribution < -0.4 is 5.32 Å². The van der Waals surface area contributed by atoms with Crippen LogP contribution in [0, 0.1) is 5.92 Å². The summed E-state index contributed by atoms with van der Waals surface area (Å²) in [4.78, 5) is 2.73. The summed E-state index contributed by atoms with van der Waals surface area (Å²) in [6.45, 7) is 12.9. The minimum atomic E-state index is 0.778. The highest BCUT2D eigenvalue weighted by molar-refractivity contribution is 4.86. The molecule has 2 atom stereocenters. The van der Waals surface area contributed by atoms with Gasteiger partial charge in [-0.3, -0.25) is 0 Å². The Morgan fingerprint density at radius 2 is 1.82 bits per heavy atom. The zero-order valence-corrected chi connectivity index (χ0v) is 12.3. The van der Waals surface area contributed by atoms with E-state index in [0.29, 0.717) is 0 Å². The van der Waals surface area contributed by atoms with Crippen molar-refractivity contribution in [3.63, 3.8) is 0 Å². The first-order valence-corrected chi connectivity index (χ1v) is 7.72. The van der Waals surface area contributed by atoms with Crippen molar-refractivity contribution in [3.05, 3.63) is 0 Å². The molecule has 0 spiro atoms. The zero-order chi connectivity index (χ0) is 12.7. The molecule has 1 saturated carbocycles. The first-order chi connectivity index (χ1) is 8.24. The van der Waals surface area contributed by atoms with Crippen LogP contribution in [0.15, 0.2) is 0 Å². The molecule has 1 aliphatic rings. The highest BCUT2D eigenvalue weighted by atomic mass is 15.2. The Labute approximate surface area is 108 Å². The fourth-order valence-corrected chi connectivity index (χ4v) is 3.18. The third-order valence-electron chi connectivity index (χ3n) is 4.47. The Kier molecular flexibility index (Phi) is 7.14. The molecular formula is C15H32N2. The van der Waals surface area contributed by atoms with Crippen molar-refractivity contribution in [2.24, 2.45) is 5.92 Å². The van der Waals surface area contributed by atoms with Gasteiger partial charge in [-0.1, -0.05) is 40.5 Å². The Bertz CT molecular complexity index is 189. The van der Waals surface area contributed by atoms with Crippen LogP contribution in [0.4, 0.5) is 0 Å². The van der Waals surface area contributed by atoms with Gasteiger partial charge in [-0.15, -0.1) is 0 Å². The van der Waals surface area contributed by atoms with Gasteiger partial charge in [0.25, 0.3) is 0 Å². The van der Waals surface area contributed by atoms with E-state index in [1.165, 1.54) is 45.2 Å². The van der Waals surface area contributed by atoms with Crippen LogP contribution >= 0.6 is 0 Å². The Balaban J connectivity index is 2.40. The molecule has 1 fully saturated rings. The van der Waals surface area contributed by atoms with Crippen molar-refractivity contribution < 1.29 is 0 Å². The molecule has 0 aromatic heterocycles. The SMILES string of the molecule is CCNC1CCC(N(CC)CC(CC)CC)C1. The average Bonchev–Trinajstić information content (AvgIpc) is 2.80. The molecule has 0 aromatic carbocycles. The van der Waals surface area contributed by atoms with Crippen LogP contribution in [0.2, 0.25) is 0 Å². The van der Waals surface area contributed by atoms with E-state index in [4.69, 9.17) is 0 Å². The van der Waals surface area contributed by atoms with Crippen LogP contribution in [0.25, 0.3) is 0 Å². The molecule has 2 heteroatoms. The molecule has 17 heavy (non-hydrogen) atoms. The van der Waals surface area contributed by atoms with Gasteiger partial charge in [0.1, 0.15) is 0 Å². The first kappa shape index (κ1) is 15.0. The molecule has 0 aromatic rings. The molecule has 0 radical (unpaired) electrons. The second kappa shape index (κ2) is 8.10. The van der Waals surface area contributed by atoms with Crippen molar-refractivity contribution in [1.29, 1.82) is 0 Å². The maximum atomic E-state index is 3.61. The summed E-state index contributed by atoms with van der Waals surface area (Å²) in [7, 11) is 0. The molecule has 0 saturated heterocycles. The molecule has 1 N–H and O–H groups in total. The van der Waals surface area contributed by atoms with Gasteiger partial charge in [-0.05, 0) is 38.3 Å². The van der Waals surface area contributed by atoms with E-state index in [-0.39, 0.29) is 0 Å². The molecule has 102 valence electrons. The smallest absolute Gasteiger partial charge is 0.0111 e. The number of hydrogen-bond donors (Lipinski definition) is 1. The summed E-state index contributed by atoms with van der Waals surface area (Å²) in [5.74, 6) is 0.896. The van der Waals surface area contributed by atoms with E-state index >= 15 is 0 Å². The summed E-state index contributed by atoms with van der Waals surface area (Å²) in [5, 5.41) is 3.61. The van der Waals surface area contributed by atoms with E-state index in [0.717, 1.165) is 24.5 Å². The Morgan fingerprint density at radius 1 is 1.12 bits per heavy atom. The molecule has 0 heterocycles. The minimum Gasteiger partial charge on any atom is -0.314 e. The number of nitrogens with zero attached hydrogens (tertiary/aromatic N) is 1. The summed E-state index contributed by atoms with van der Waals surface area (Å²) in [6, 6.07) is 1.62. The van der Waals surface area contributed by atoms with Crippen LogP contribution in [0.5, 0.6) is 0 Å². The highest BCUT2D eigenvalue weighted by Gasteiger charge is 2.28. The number of nitrogens with one attached hydrogen (secondary N) is 1. The number of rotatable bonds is 8. The lowest BCUT2D eigenvalue weighted by Gasteiger charge is -2.31. The van der Waals surface area contributed by atoms with E-state index in [1.807, 2.05) is 0 Å². The Morgan fingerprint density at radius 3 is 2.35 bits per heavy atom. The molecule has 2 nitrogen and oxygen atoms in total. The molecule has 1 aliphatic carbocycles. The second-order valence-electron chi connectivity index (χ2n) is 5.49. The molecule has 0 bridgehead atoms. The third kappa shape index (κ3) is 4.59. The fraction of sp³-hybridized carbons (Fsp3) is 1.00. The van der Waals surface area contributed by atoms with Gasteiger partial charge in [0.2, 0.25) is 0 Å². The zero-order valence-electron chi connectivity index (χ0n) is 12.3. The second-order valence-corrected chi connectivity index (χ2v) is 5.49. The van der Waals surface area contributed by atoms with Crippen LogP contribution in [0.1, 0.15) is 59.8 Å². The van der Waals surface area contributed by atoms with E-state index in [1.54, 1.807) is 0 Å². The van der Waals surface area contributed by atoms with Crippen LogP contribution in [-0.4, -0.2) is 36.6 Å². The third-order valence-corrected chi connectivity index (χ3v) is 4.47. The van der Waals surface area contributed by atoms with Gasteiger partial charge < -0.3 is 10.2 Å². The Hall–Kier alpha value is -0.0800. The maximum Gasteiger partial charge on any atom is 0.0111 e. The lowest BCUT2D eigenvalue weighted by atomic mass is 10.0. The van der Waals surface area contributed by atoms with Gasteiger partial charge in [0.15, 0.2) is 0 Å². The minimum absolute atomic E-state index is 0.778. The van der Waals surface area contributed by atoms with Gasteiger partial charge in [-0.2, -0.15) is 0 Å². The van der Waals surface area contributed by atoms with Crippen LogP contribution in [-0.2, 0) is 0 Å². The highest BCUT2D eigenvalue weighted by Crippen LogP contribution is 2.25. The summed E-state index contributed by atoms with van der Waals surface area (Å²) >= 11 is 0. The molecule has 0 amide bonds. The lowest BCUT2D eigenvalue weighted by molar-refractivity contribution is 0.170. The standard InChI is InChI=1S/C15H32N2/c1-5-13(6-2)12-17(8-4)15-10-9-14(11-15)16-7-3/h13-16H,5-12H2,1-4H3. The largest absolute Gasteiger partial charge is 0.314 e. The number of hydrogen-bond acceptors (Lipinski definition) is 2. The first-order valence-electron chi connectivity index (χ1n) is 7.72. The summed E-state index contributed by atoms with van der Waals surface area (Å²) in [6.07, 6.45) is 6.79. The molecular weight excluding hydrogens is 208 g/mol. The summed E-state index contributed by atoms with van der Waals surface area (Å²) in [5.41, 5.74) is 0. The fourth-order valence-electron chi connectivity index (χ4n) is 3.18. The van der Waals surface area contributed by atoms with Crippen molar-refractivity contribution in [2.45, 2.75) is 71.9 Å². The van der Waals surface area contributed by atoms with Gasteiger partial charge in [0.05, 0.1) is 0 Å². The summed E-state index contributed by atoms with van der Waals surface area (Å²) < 4.78 is 0. The van der Waals surface area contributed by atoms with E-state index in [9.17, 15) is 0 Å². The van der Waals surface area contributed by atoms with E-state index < -0.39 is 0 Å². The predicted molar refractivity (Wildman–Crippen MR) is 76.4 cm³/mol. The molecule has 1 rings (SSSR count). The monoisotopic (exact) mass is 240 g/mol. The van der Waals surface area contributed by atoms with Crippen molar-refractivity contribution in [3.8, 4) is 0 Å². The molecule has 2 unspecified atom stereocenters. The molecule has 0 aliphatic heterocycles. The van der Waals surface area contributed by atoms with E-state index in [2.05, 4.69) is 37.9 Å². The van der Waals surface area contributed by atoms with Gasteiger partial charge in [-0.25, -0.2) is 0 Å². The van der Waals surface area contributed by atoms with Crippen molar-refractivity contribution in [2.75, 3.05) is 19.6 Å². The predicted octanol–water partition coefficient (Wildman–Crippen LogP) is 3.28. The van der Waals surface area contributed by atoms with Crippen molar-refractivity contribution in [1.82, 2.24) is 10.2 Å². The quantitative estimate of drug-likeness (QED) is 0.700. The lowest BCUT2D eigenvalue weighted by Crippen LogP contribution is -2.38. The van der Waals surface area contributed by atoms with Crippen molar-refractivity contribution >= 4 is 0 Å². The van der Waals surface area contributed by atoms with Crippen LogP contribution in [0.3, 0.4) is 0 Å².